The molecule has 1 aliphatic rings. The summed E-state index contributed by atoms with van der Waals surface area (Å²) in [5, 5.41) is 0. The Balaban J connectivity index is 2.77. The second-order valence-electron chi connectivity index (χ2n) is 8.74. The molecule has 0 amide bonds. The van der Waals surface area contributed by atoms with E-state index < -0.39 is 5.92 Å². The van der Waals surface area contributed by atoms with Gasteiger partial charge >= 0.3 is 11.9 Å². The predicted octanol–water partition coefficient (Wildman–Crippen LogP) is 6.79. The number of carbonyl (C=O) groups is 2. The summed E-state index contributed by atoms with van der Waals surface area (Å²) in [4.78, 5) is 25.8. The van der Waals surface area contributed by atoms with Crippen molar-refractivity contribution in [2.75, 3.05) is 13.2 Å². The predicted molar refractivity (Wildman–Crippen MR) is 123 cm³/mol. The van der Waals surface area contributed by atoms with Gasteiger partial charge in [-0.25, -0.2) is 4.79 Å². The van der Waals surface area contributed by atoms with Crippen molar-refractivity contribution in [2.24, 2.45) is 17.8 Å². The van der Waals surface area contributed by atoms with Crippen LogP contribution < -0.4 is 0 Å². The van der Waals surface area contributed by atoms with E-state index in [-0.39, 0.29) is 11.9 Å². The lowest BCUT2D eigenvalue weighted by molar-refractivity contribution is -0.152. The van der Waals surface area contributed by atoms with E-state index in [4.69, 9.17) is 9.47 Å². The summed E-state index contributed by atoms with van der Waals surface area (Å²) in [7, 11) is 0. The Morgan fingerprint density at radius 2 is 1.53 bits per heavy atom. The van der Waals surface area contributed by atoms with Crippen LogP contribution in [0.5, 0.6) is 0 Å². The van der Waals surface area contributed by atoms with Crippen LogP contribution >= 0.6 is 0 Å². The normalized spacial score (nSPS) is 18.6. The molecule has 0 saturated carbocycles. The molecule has 1 aliphatic carbocycles. The zero-order valence-electron chi connectivity index (χ0n) is 20.0. The van der Waals surface area contributed by atoms with E-state index in [9.17, 15) is 9.59 Å². The van der Waals surface area contributed by atoms with Crippen molar-refractivity contribution in [1.82, 2.24) is 0 Å². The standard InChI is InChI=1S/C26H44O4/c1-6-10-14-21(8-3)18-29-25(27)23-16-12-13-20(5)17-24(23)26(28)30-19-22(9-4)15-11-7-2/h13,17,21-23H,6-12,14-16,18-19H2,1-5H3. The summed E-state index contributed by atoms with van der Waals surface area (Å²) in [6, 6.07) is 0. The van der Waals surface area contributed by atoms with Gasteiger partial charge in [-0.05, 0) is 50.5 Å². The highest BCUT2D eigenvalue weighted by Gasteiger charge is 2.31. The Hall–Kier alpha value is -1.58. The topological polar surface area (TPSA) is 52.6 Å². The number of carbonyl (C=O) groups excluding carboxylic acids is 2. The Kier molecular flexibility index (Phi) is 13.5. The van der Waals surface area contributed by atoms with Crippen molar-refractivity contribution >= 4 is 11.9 Å². The highest BCUT2D eigenvalue weighted by Crippen LogP contribution is 2.27. The van der Waals surface area contributed by atoms with Crippen LogP contribution in [0.15, 0.2) is 23.3 Å². The summed E-state index contributed by atoms with van der Waals surface area (Å²) in [6.45, 7) is 11.4. The first-order valence-electron chi connectivity index (χ1n) is 12.2. The molecule has 0 heterocycles. The minimum Gasteiger partial charge on any atom is -0.465 e. The molecule has 0 N–H and O–H groups in total. The molecule has 3 atom stereocenters. The van der Waals surface area contributed by atoms with Crippen molar-refractivity contribution in [1.29, 1.82) is 0 Å². The Bertz CT molecular complexity index is 576. The van der Waals surface area contributed by atoms with Crippen molar-refractivity contribution in [3.05, 3.63) is 23.3 Å². The fraction of sp³-hybridized carbons (Fsp3) is 0.769. The largest absolute Gasteiger partial charge is 0.465 e. The summed E-state index contributed by atoms with van der Waals surface area (Å²) in [5.41, 5.74) is 1.46. The highest BCUT2D eigenvalue weighted by molar-refractivity contribution is 5.96. The summed E-state index contributed by atoms with van der Waals surface area (Å²) >= 11 is 0. The van der Waals surface area contributed by atoms with Gasteiger partial charge in [0.2, 0.25) is 0 Å². The molecule has 0 fully saturated rings. The minimum atomic E-state index is -0.536. The van der Waals surface area contributed by atoms with E-state index in [1.54, 1.807) is 0 Å². The molecule has 0 spiro atoms. The number of unbranched alkanes of at least 4 members (excludes halogenated alkanes) is 2. The molecule has 0 aromatic rings. The van der Waals surface area contributed by atoms with Crippen LogP contribution in [0.1, 0.15) is 98.8 Å². The monoisotopic (exact) mass is 420 g/mol. The second-order valence-corrected chi connectivity index (χ2v) is 8.74. The first kappa shape index (κ1) is 26.5. The maximum atomic E-state index is 12.9. The van der Waals surface area contributed by atoms with Gasteiger partial charge in [-0.15, -0.1) is 0 Å². The molecule has 0 radical (unpaired) electrons. The molecule has 172 valence electrons. The third-order valence-electron chi connectivity index (χ3n) is 6.20. The zero-order chi connectivity index (χ0) is 22.4. The summed E-state index contributed by atoms with van der Waals surface area (Å²) in [5.74, 6) is -0.409. The van der Waals surface area contributed by atoms with Gasteiger partial charge in [0.1, 0.15) is 0 Å². The maximum Gasteiger partial charge on any atom is 0.334 e. The number of rotatable bonds is 14. The zero-order valence-corrected chi connectivity index (χ0v) is 20.0. The van der Waals surface area contributed by atoms with Crippen LogP contribution in [0.4, 0.5) is 0 Å². The third-order valence-corrected chi connectivity index (χ3v) is 6.20. The van der Waals surface area contributed by atoms with Crippen LogP contribution in [0.2, 0.25) is 0 Å². The molecule has 4 heteroatoms. The molecule has 0 aromatic carbocycles. The second kappa shape index (κ2) is 15.3. The van der Waals surface area contributed by atoms with Crippen LogP contribution in [-0.4, -0.2) is 25.2 Å². The van der Waals surface area contributed by atoms with E-state index in [1.165, 1.54) is 0 Å². The van der Waals surface area contributed by atoms with E-state index in [1.807, 2.05) is 13.0 Å². The average Bonchev–Trinajstić information content (AvgIpc) is 2.95. The lowest BCUT2D eigenvalue weighted by Crippen LogP contribution is -2.27. The number of hydrogen-bond acceptors (Lipinski definition) is 4. The average molecular weight is 421 g/mol. The smallest absolute Gasteiger partial charge is 0.334 e. The maximum absolute atomic E-state index is 12.9. The van der Waals surface area contributed by atoms with Crippen LogP contribution in [0.25, 0.3) is 0 Å². The van der Waals surface area contributed by atoms with Gasteiger partial charge in [0.25, 0.3) is 0 Å². The number of hydrogen-bond donors (Lipinski definition) is 0. The van der Waals surface area contributed by atoms with Gasteiger partial charge < -0.3 is 9.47 Å². The number of ether oxygens (including phenoxy) is 2. The molecule has 3 unspecified atom stereocenters. The summed E-state index contributed by atoms with van der Waals surface area (Å²) < 4.78 is 11.4. The Morgan fingerprint density at radius 1 is 0.967 bits per heavy atom. The van der Waals surface area contributed by atoms with Crippen molar-refractivity contribution in [2.45, 2.75) is 98.8 Å². The molecular weight excluding hydrogens is 376 g/mol. The van der Waals surface area contributed by atoms with Gasteiger partial charge in [-0.3, -0.25) is 4.79 Å². The van der Waals surface area contributed by atoms with E-state index >= 15 is 0 Å². The molecule has 4 nitrogen and oxygen atoms in total. The fourth-order valence-electron chi connectivity index (χ4n) is 3.86. The van der Waals surface area contributed by atoms with Gasteiger partial charge in [0.15, 0.2) is 0 Å². The molecule has 0 aromatic heterocycles. The number of esters is 2. The van der Waals surface area contributed by atoms with Crippen molar-refractivity contribution in [3.8, 4) is 0 Å². The SMILES string of the molecule is CCCCC(CC)COC(=O)C1=CC(C)=CCCC1C(=O)OCC(CC)CCCC. The van der Waals surface area contributed by atoms with E-state index in [2.05, 4.69) is 33.8 Å². The van der Waals surface area contributed by atoms with Crippen LogP contribution in [0.3, 0.4) is 0 Å². The fourth-order valence-corrected chi connectivity index (χ4v) is 3.86. The van der Waals surface area contributed by atoms with Gasteiger partial charge in [-0.2, -0.15) is 0 Å². The molecule has 0 aliphatic heterocycles. The van der Waals surface area contributed by atoms with Crippen LogP contribution in [-0.2, 0) is 19.1 Å². The van der Waals surface area contributed by atoms with Crippen molar-refractivity contribution < 1.29 is 19.1 Å². The Labute approximate surface area is 184 Å². The quantitative estimate of drug-likeness (QED) is 0.290. The molecular formula is C26H44O4. The van der Waals surface area contributed by atoms with Gasteiger partial charge in [-0.1, -0.05) is 77.9 Å². The minimum absolute atomic E-state index is 0.283. The van der Waals surface area contributed by atoms with E-state index in [0.29, 0.717) is 37.0 Å². The lowest BCUT2D eigenvalue weighted by atomic mass is 9.94. The van der Waals surface area contributed by atoms with Gasteiger partial charge in [0.05, 0.1) is 24.7 Å². The van der Waals surface area contributed by atoms with Gasteiger partial charge in [0, 0.05) is 0 Å². The summed E-state index contributed by atoms with van der Waals surface area (Å²) in [6.07, 6.45) is 14.0. The Morgan fingerprint density at radius 3 is 2.07 bits per heavy atom. The first-order chi connectivity index (χ1) is 14.5. The molecule has 0 saturated heterocycles. The van der Waals surface area contributed by atoms with E-state index in [0.717, 1.165) is 63.4 Å². The third kappa shape index (κ3) is 9.49. The lowest BCUT2D eigenvalue weighted by Gasteiger charge is -2.21. The molecule has 1 rings (SSSR count). The molecule has 0 bridgehead atoms. The first-order valence-corrected chi connectivity index (χ1v) is 12.2. The molecule has 30 heavy (non-hydrogen) atoms. The highest BCUT2D eigenvalue weighted by atomic mass is 16.5. The van der Waals surface area contributed by atoms with Crippen LogP contribution in [0, 0.1) is 17.8 Å². The number of allylic oxidation sites excluding steroid dienone is 3. The van der Waals surface area contributed by atoms with Crippen molar-refractivity contribution in [3.63, 3.8) is 0 Å².